The van der Waals surface area contributed by atoms with E-state index in [0.717, 1.165) is 25.5 Å². The molecule has 0 N–H and O–H groups in total. The standard InChI is InChI=1S/C11H9Br3OS/c1-2-6-3-4-8(15-6)10(13)7-5-9(12)16-11(7)14/h3-5,10H,2H2,1H3. The van der Waals surface area contributed by atoms with E-state index in [-0.39, 0.29) is 4.83 Å². The summed E-state index contributed by atoms with van der Waals surface area (Å²) in [4.78, 5) is 0.102. The van der Waals surface area contributed by atoms with Crippen LogP contribution < -0.4 is 0 Å². The predicted octanol–water partition coefficient (Wildman–Crippen LogP) is 5.91. The van der Waals surface area contributed by atoms with Crippen LogP contribution in [0.3, 0.4) is 0 Å². The Labute approximate surface area is 124 Å². The van der Waals surface area contributed by atoms with Gasteiger partial charge in [-0.3, -0.25) is 0 Å². The number of halogens is 3. The van der Waals surface area contributed by atoms with E-state index in [0.29, 0.717) is 0 Å². The van der Waals surface area contributed by atoms with E-state index in [1.165, 1.54) is 5.56 Å². The second-order valence-corrected chi connectivity index (χ2v) is 7.96. The maximum Gasteiger partial charge on any atom is 0.122 e. The summed E-state index contributed by atoms with van der Waals surface area (Å²) in [5.41, 5.74) is 1.19. The van der Waals surface area contributed by atoms with Crippen LogP contribution in [0.2, 0.25) is 0 Å². The van der Waals surface area contributed by atoms with Crippen molar-refractivity contribution in [3.05, 3.63) is 42.9 Å². The molecule has 0 saturated carbocycles. The van der Waals surface area contributed by atoms with Gasteiger partial charge in [-0.2, -0.15) is 0 Å². The summed E-state index contributed by atoms with van der Waals surface area (Å²) in [6.07, 6.45) is 0.925. The Morgan fingerprint density at radius 2 is 2.12 bits per heavy atom. The topological polar surface area (TPSA) is 13.1 Å². The van der Waals surface area contributed by atoms with Gasteiger partial charge >= 0.3 is 0 Å². The van der Waals surface area contributed by atoms with Crippen LogP contribution in [0.25, 0.3) is 0 Å². The number of furan rings is 1. The highest BCUT2D eigenvalue weighted by molar-refractivity contribution is 9.12. The molecule has 1 atom stereocenters. The highest BCUT2D eigenvalue weighted by atomic mass is 79.9. The molecule has 0 fully saturated rings. The van der Waals surface area contributed by atoms with Gasteiger partial charge < -0.3 is 4.42 Å². The maximum absolute atomic E-state index is 5.73. The molecular weight excluding hydrogens is 420 g/mol. The third kappa shape index (κ3) is 2.63. The van der Waals surface area contributed by atoms with E-state index in [1.54, 1.807) is 11.3 Å². The molecule has 0 aromatic carbocycles. The number of hydrogen-bond donors (Lipinski definition) is 0. The zero-order chi connectivity index (χ0) is 11.7. The van der Waals surface area contributed by atoms with Gasteiger partial charge in [-0.25, -0.2) is 0 Å². The summed E-state index contributed by atoms with van der Waals surface area (Å²) in [5.74, 6) is 1.97. The lowest BCUT2D eigenvalue weighted by atomic mass is 10.2. The monoisotopic (exact) mass is 426 g/mol. The SMILES string of the molecule is CCc1ccc(C(Br)c2cc(Br)sc2Br)o1. The molecule has 2 heterocycles. The molecule has 0 amide bonds. The molecule has 0 bridgehead atoms. The van der Waals surface area contributed by atoms with Gasteiger partial charge in [0, 0.05) is 6.42 Å². The van der Waals surface area contributed by atoms with Gasteiger partial charge in [-0.05, 0) is 55.6 Å². The van der Waals surface area contributed by atoms with Gasteiger partial charge in [0.25, 0.3) is 0 Å². The van der Waals surface area contributed by atoms with Gasteiger partial charge in [0.2, 0.25) is 0 Å². The third-order valence-corrected chi connectivity index (χ3v) is 5.57. The van der Waals surface area contributed by atoms with Crippen molar-refractivity contribution in [3.63, 3.8) is 0 Å². The van der Waals surface area contributed by atoms with Crippen LogP contribution in [0.4, 0.5) is 0 Å². The summed E-state index contributed by atoms with van der Waals surface area (Å²) >= 11 is 12.4. The Kier molecular flexibility index (Phi) is 4.32. The molecule has 2 aromatic heterocycles. The first kappa shape index (κ1) is 12.9. The van der Waals surface area contributed by atoms with Crippen LogP contribution in [0.1, 0.15) is 28.8 Å². The first-order chi connectivity index (χ1) is 7.61. The van der Waals surface area contributed by atoms with Gasteiger partial charge in [-0.15, -0.1) is 11.3 Å². The van der Waals surface area contributed by atoms with Crippen LogP contribution in [0.5, 0.6) is 0 Å². The molecule has 0 radical (unpaired) electrons. The van der Waals surface area contributed by atoms with Crippen molar-refractivity contribution in [1.29, 1.82) is 0 Å². The molecule has 0 aliphatic heterocycles. The summed E-state index contributed by atoms with van der Waals surface area (Å²) in [7, 11) is 0. The van der Waals surface area contributed by atoms with Crippen molar-refractivity contribution in [2.24, 2.45) is 0 Å². The zero-order valence-corrected chi connectivity index (χ0v) is 14.0. The van der Waals surface area contributed by atoms with Gasteiger partial charge in [0.1, 0.15) is 11.5 Å². The molecule has 1 unspecified atom stereocenters. The fourth-order valence-corrected chi connectivity index (χ4v) is 5.37. The van der Waals surface area contributed by atoms with E-state index in [9.17, 15) is 0 Å². The van der Waals surface area contributed by atoms with Crippen LogP contribution in [-0.4, -0.2) is 0 Å². The minimum Gasteiger partial charge on any atom is -0.465 e. The largest absolute Gasteiger partial charge is 0.465 e. The Morgan fingerprint density at radius 3 is 2.62 bits per heavy atom. The van der Waals surface area contributed by atoms with E-state index in [1.807, 2.05) is 12.1 Å². The van der Waals surface area contributed by atoms with Crippen molar-refractivity contribution >= 4 is 59.1 Å². The maximum atomic E-state index is 5.73. The second-order valence-electron chi connectivity index (χ2n) is 3.30. The highest BCUT2D eigenvalue weighted by Crippen LogP contribution is 2.42. The molecule has 0 aliphatic rings. The Hall–Kier alpha value is 0.420. The van der Waals surface area contributed by atoms with Crippen molar-refractivity contribution in [3.8, 4) is 0 Å². The third-order valence-electron chi connectivity index (χ3n) is 2.24. The fraction of sp³-hybridized carbons (Fsp3) is 0.273. The van der Waals surface area contributed by atoms with Crippen molar-refractivity contribution in [2.75, 3.05) is 0 Å². The Morgan fingerprint density at radius 1 is 1.38 bits per heavy atom. The highest BCUT2D eigenvalue weighted by Gasteiger charge is 2.19. The summed E-state index contributed by atoms with van der Waals surface area (Å²) < 4.78 is 7.97. The Balaban J connectivity index is 2.31. The number of hydrogen-bond acceptors (Lipinski definition) is 2. The lowest BCUT2D eigenvalue weighted by Gasteiger charge is -2.05. The lowest BCUT2D eigenvalue weighted by Crippen LogP contribution is -1.88. The fourth-order valence-electron chi connectivity index (χ4n) is 1.40. The van der Waals surface area contributed by atoms with Gasteiger partial charge in [0.05, 0.1) is 12.4 Å². The number of thiophene rings is 1. The lowest BCUT2D eigenvalue weighted by molar-refractivity contribution is 0.477. The smallest absolute Gasteiger partial charge is 0.122 e. The molecular formula is C11H9Br3OS. The average Bonchev–Trinajstić information content (AvgIpc) is 2.84. The minimum atomic E-state index is 0.102. The molecule has 16 heavy (non-hydrogen) atoms. The van der Waals surface area contributed by atoms with Gasteiger partial charge in [0.15, 0.2) is 0 Å². The summed E-state index contributed by atoms with van der Waals surface area (Å²) in [5, 5.41) is 0. The van der Waals surface area contributed by atoms with Crippen molar-refractivity contribution in [2.45, 2.75) is 18.2 Å². The number of rotatable bonds is 3. The molecule has 2 rings (SSSR count). The quantitative estimate of drug-likeness (QED) is 0.553. The zero-order valence-electron chi connectivity index (χ0n) is 8.47. The number of aryl methyl sites for hydroxylation is 1. The summed E-state index contributed by atoms with van der Waals surface area (Å²) in [6.45, 7) is 2.09. The van der Waals surface area contributed by atoms with Crippen LogP contribution in [0, 0.1) is 0 Å². The molecule has 0 aliphatic carbocycles. The molecule has 86 valence electrons. The summed E-state index contributed by atoms with van der Waals surface area (Å²) in [6, 6.07) is 6.15. The average molecular weight is 429 g/mol. The van der Waals surface area contributed by atoms with Crippen LogP contribution in [-0.2, 0) is 6.42 Å². The first-order valence-corrected chi connectivity index (χ1v) is 8.11. The second kappa shape index (κ2) is 5.38. The number of alkyl halides is 1. The molecule has 0 saturated heterocycles. The van der Waals surface area contributed by atoms with Crippen LogP contribution in [0.15, 0.2) is 30.2 Å². The molecule has 2 aromatic rings. The van der Waals surface area contributed by atoms with Crippen molar-refractivity contribution < 1.29 is 4.42 Å². The van der Waals surface area contributed by atoms with Gasteiger partial charge in [-0.1, -0.05) is 22.9 Å². The van der Waals surface area contributed by atoms with E-state index >= 15 is 0 Å². The first-order valence-electron chi connectivity index (χ1n) is 4.79. The van der Waals surface area contributed by atoms with E-state index < -0.39 is 0 Å². The molecule has 1 nitrogen and oxygen atoms in total. The minimum absolute atomic E-state index is 0.102. The predicted molar refractivity (Wildman–Crippen MR) is 78.6 cm³/mol. The normalized spacial score (nSPS) is 13.0. The van der Waals surface area contributed by atoms with E-state index in [2.05, 4.69) is 60.8 Å². The van der Waals surface area contributed by atoms with Crippen molar-refractivity contribution in [1.82, 2.24) is 0 Å². The molecule has 0 spiro atoms. The van der Waals surface area contributed by atoms with Crippen LogP contribution >= 0.6 is 59.1 Å². The Bertz CT molecular complexity index is 489. The van der Waals surface area contributed by atoms with E-state index in [4.69, 9.17) is 4.42 Å². The molecule has 5 heteroatoms.